The van der Waals surface area contributed by atoms with Gasteiger partial charge in [0.05, 0.1) is 84.3 Å². The fraction of sp³-hybridized carbons (Fsp3) is 0.511. The largest absolute Gasteiger partial charge is 0.507 e. The predicted molar refractivity (Wildman–Crippen MR) is 219 cm³/mol. The second kappa shape index (κ2) is 14.5. The smallest absolute Gasteiger partial charge is 0.232 e. The number of carbonyl (C=O) groups is 4. The number of aliphatic hydroxyl groups is 9. The molecule has 21 nitrogen and oxygen atoms in total. The number of phenols is 4. The highest BCUT2D eigenvalue weighted by molar-refractivity contribution is 6.43. The summed E-state index contributed by atoms with van der Waals surface area (Å²) in [6, 6.07) is 1.21. The van der Waals surface area contributed by atoms with Gasteiger partial charge in [-0.1, -0.05) is 26.7 Å². The number of methoxy groups -OCH3 is 3. The molecule has 0 spiro atoms. The molecule has 6 aliphatic rings. The van der Waals surface area contributed by atoms with Gasteiger partial charge in [0, 0.05) is 16.9 Å². The molecule has 4 bridgehead atoms. The maximum atomic E-state index is 15.1. The number of hydrogen-bond donors (Lipinski definition) is 13. The molecule has 2 saturated carbocycles. The summed E-state index contributed by atoms with van der Waals surface area (Å²) in [6.45, 7) is 3.16. The van der Waals surface area contributed by atoms with E-state index in [1.54, 1.807) is 13.8 Å². The van der Waals surface area contributed by atoms with Crippen LogP contribution >= 0.6 is 0 Å². The monoisotopic (exact) mass is 924 g/mol. The summed E-state index contributed by atoms with van der Waals surface area (Å²) < 4.78 is 22.9. The number of aliphatic hydroxyl groups excluding tert-OH is 6. The molecule has 13 N–H and O–H groups in total. The molecule has 1 heterocycles. The maximum Gasteiger partial charge on any atom is 0.232 e. The number of carbonyl (C=O) groups excluding carboxylic acids is 4. The Hall–Kier alpha value is -5.46. The number of Topliss-reactive ketones (excluding diaryl/α,β-unsaturated/α-hetero) is 4. The van der Waals surface area contributed by atoms with Gasteiger partial charge in [-0.05, 0) is 30.9 Å². The van der Waals surface area contributed by atoms with Gasteiger partial charge in [0.1, 0.15) is 58.6 Å². The van der Waals surface area contributed by atoms with E-state index in [0.29, 0.717) is 0 Å². The molecule has 3 aromatic carbocycles. The summed E-state index contributed by atoms with van der Waals surface area (Å²) in [5, 5.41) is 150. The van der Waals surface area contributed by atoms with Gasteiger partial charge in [-0.3, -0.25) is 19.2 Å². The van der Waals surface area contributed by atoms with Gasteiger partial charge < -0.3 is 85.3 Å². The number of allylic oxidation sites excluding steroid dienone is 2. The van der Waals surface area contributed by atoms with Crippen LogP contribution in [-0.2, 0) is 15.9 Å². The Balaban J connectivity index is 1.29. The molecule has 1 saturated heterocycles. The van der Waals surface area contributed by atoms with Gasteiger partial charge in [0.25, 0.3) is 0 Å². The van der Waals surface area contributed by atoms with E-state index in [4.69, 9.17) is 18.9 Å². The van der Waals surface area contributed by atoms with E-state index in [1.807, 2.05) is 0 Å². The average Bonchev–Trinajstić information content (AvgIpc) is 3.45. The zero-order valence-electron chi connectivity index (χ0n) is 35.9. The normalized spacial score (nSPS) is 36.5. The SMILES string of the molecule is CCC[C@@]12O[C@H]3c4c(O)c5c(c(O)c4C(=O)C1(O)[C@H]3[C@H](O)[C@@H](O)[C@@H]2O)C(=O)C(c1c(OC)c(OC)c2cc3c(c(O)c2c1O)C(=O)[C@]1(O)[C@H](C3)[C@H](O)[C@@H](O)[C@H](O)[C@@]1(O)CCC)=C(OC)C5=O. The Labute approximate surface area is 372 Å². The molecular formula is C45H48O21. The molecule has 3 fully saturated rings. The van der Waals surface area contributed by atoms with E-state index in [2.05, 4.69) is 0 Å². The molecule has 0 aromatic heterocycles. The first kappa shape index (κ1) is 45.7. The standard InChI is InChI=1S/C45H48O21/c1-6-8-42(60)40(58)32(54)24(46)14-11-12-10-13-16(25(47)15(12)38(56)44(14,42)61)26(48)20(37(65-5)34(13)63-3)19-27(49)17-18(30(52)36(19)64-4)28(50)21-22(29(17)51)39(57)45(62)23-31(53)33(55)41(59)43(45,9-7-2)66-35(21)23/h10,14,23-24,31-33,35,40-41,46-48,50-51,53-55,58-62H,6-9,11H2,1-5H3/t14-,23+,24+,31+,32-,33-,35+,40+,41+,42+,43+,44-,45?/m1/s1. The molecule has 13 atom stereocenters. The van der Waals surface area contributed by atoms with Gasteiger partial charge in [-0.15, -0.1) is 0 Å². The molecule has 66 heavy (non-hydrogen) atoms. The van der Waals surface area contributed by atoms with Crippen LogP contribution in [0.2, 0.25) is 0 Å². The van der Waals surface area contributed by atoms with E-state index in [-0.39, 0.29) is 36.0 Å². The highest BCUT2D eigenvalue weighted by Crippen LogP contribution is 2.67. The second-order valence-corrected chi connectivity index (χ2v) is 18.0. The molecular weight excluding hydrogens is 876 g/mol. The predicted octanol–water partition coefficient (Wildman–Crippen LogP) is -0.920. The van der Waals surface area contributed by atoms with Crippen molar-refractivity contribution in [2.45, 2.75) is 111 Å². The lowest BCUT2D eigenvalue weighted by Gasteiger charge is -2.57. The van der Waals surface area contributed by atoms with E-state index in [0.717, 1.165) is 21.3 Å². The van der Waals surface area contributed by atoms with E-state index < -0.39 is 192 Å². The van der Waals surface area contributed by atoms with Crippen LogP contribution in [0.1, 0.15) is 104 Å². The first-order chi connectivity index (χ1) is 31.0. The quantitative estimate of drug-likeness (QED) is 0.122. The zero-order valence-corrected chi connectivity index (χ0v) is 35.9. The van der Waals surface area contributed by atoms with Crippen LogP contribution in [0.5, 0.6) is 34.5 Å². The van der Waals surface area contributed by atoms with Crippen LogP contribution in [0, 0.1) is 11.8 Å². The Morgan fingerprint density at radius 3 is 1.80 bits per heavy atom. The number of rotatable bonds is 8. The minimum Gasteiger partial charge on any atom is -0.507 e. The van der Waals surface area contributed by atoms with Crippen molar-refractivity contribution in [3.8, 4) is 34.5 Å². The van der Waals surface area contributed by atoms with Crippen LogP contribution < -0.4 is 9.47 Å². The van der Waals surface area contributed by atoms with E-state index in [9.17, 15) is 80.8 Å². The lowest BCUT2D eigenvalue weighted by molar-refractivity contribution is -0.282. The minimum atomic E-state index is -3.05. The van der Waals surface area contributed by atoms with Crippen LogP contribution in [0.3, 0.4) is 0 Å². The first-order valence-electron chi connectivity index (χ1n) is 21.2. The molecule has 354 valence electrons. The summed E-state index contributed by atoms with van der Waals surface area (Å²) in [6.07, 6.45) is -15.2. The minimum absolute atomic E-state index is 0.0548. The van der Waals surface area contributed by atoms with Crippen LogP contribution in [0.4, 0.5) is 0 Å². The third-order valence-corrected chi connectivity index (χ3v) is 15.2. The van der Waals surface area contributed by atoms with Gasteiger partial charge >= 0.3 is 0 Å². The highest BCUT2D eigenvalue weighted by atomic mass is 16.6. The summed E-state index contributed by atoms with van der Waals surface area (Å²) in [5.74, 6) is -15.6. The van der Waals surface area contributed by atoms with Crippen molar-refractivity contribution in [2.24, 2.45) is 11.8 Å². The lowest BCUT2D eigenvalue weighted by atomic mass is 9.54. The average molecular weight is 925 g/mol. The fourth-order valence-corrected chi connectivity index (χ4v) is 12.3. The molecule has 5 aliphatic carbocycles. The van der Waals surface area contributed by atoms with Crippen molar-refractivity contribution in [2.75, 3.05) is 21.3 Å². The molecule has 1 unspecified atom stereocenters. The Kier molecular flexibility index (Phi) is 10.1. The molecule has 1 aliphatic heterocycles. The van der Waals surface area contributed by atoms with Crippen molar-refractivity contribution >= 4 is 39.5 Å². The number of aromatic hydroxyl groups is 4. The Morgan fingerprint density at radius 1 is 0.636 bits per heavy atom. The number of fused-ring (bicyclic) bond motifs is 6. The maximum absolute atomic E-state index is 15.1. The number of hydrogen-bond acceptors (Lipinski definition) is 21. The summed E-state index contributed by atoms with van der Waals surface area (Å²) in [4.78, 5) is 59.0. The topological polar surface area (TPSA) is 368 Å². The van der Waals surface area contributed by atoms with Crippen molar-refractivity contribution in [3.63, 3.8) is 0 Å². The van der Waals surface area contributed by atoms with Crippen molar-refractivity contribution in [1.82, 2.24) is 0 Å². The van der Waals surface area contributed by atoms with Crippen molar-refractivity contribution in [1.29, 1.82) is 0 Å². The fourth-order valence-electron chi connectivity index (χ4n) is 12.3. The second-order valence-electron chi connectivity index (χ2n) is 18.0. The molecule has 9 rings (SSSR count). The summed E-state index contributed by atoms with van der Waals surface area (Å²) in [7, 11) is 3.09. The van der Waals surface area contributed by atoms with Gasteiger partial charge in [0.15, 0.2) is 28.5 Å². The number of phenolic OH excluding ortho intramolecular Hbond substituents is 4. The third kappa shape index (κ3) is 4.87. The highest BCUT2D eigenvalue weighted by Gasteiger charge is 2.80. The summed E-state index contributed by atoms with van der Waals surface area (Å²) >= 11 is 0. The lowest BCUT2D eigenvalue weighted by Crippen LogP contribution is -2.79. The molecule has 0 amide bonds. The molecule has 0 radical (unpaired) electrons. The van der Waals surface area contributed by atoms with Gasteiger partial charge in [-0.2, -0.15) is 0 Å². The Morgan fingerprint density at radius 2 is 1.21 bits per heavy atom. The Bertz CT molecular complexity index is 2760. The molecule has 21 heteroatoms. The van der Waals surface area contributed by atoms with Crippen LogP contribution in [0.15, 0.2) is 11.8 Å². The number of ether oxygens (including phenoxy) is 4. The van der Waals surface area contributed by atoms with Crippen LogP contribution in [-0.4, -0.2) is 170 Å². The van der Waals surface area contributed by atoms with Crippen molar-refractivity contribution in [3.05, 3.63) is 50.8 Å². The van der Waals surface area contributed by atoms with E-state index >= 15 is 4.79 Å². The number of ketones is 4. The van der Waals surface area contributed by atoms with Crippen molar-refractivity contribution < 1.29 is 105 Å². The zero-order chi connectivity index (χ0) is 48.4. The van der Waals surface area contributed by atoms with Crippen LogP contribution in [0.25, 0.3) is 16.3 Å². The first-order valence-corrected chi connectivity index (χ1v) is 21.2. The van der Waals surface area contributed by atoms with Gasteiger partial charge in [-0.25, -0.2) is 0 Å². The van der Waals surface area contributed by atoms with Gasteiger partial charge in [0.2, 0.25) is 23.1 Å². The third-order valence-electron chi connectivity index (χ3n) is 15.2. The molecule has 3 aromatic rings. The summed E-state index contributed by atoms with van der Waals surface area (Å²) in [5.41, 5.74) is -17.2. The van der Waals surface area contributed by atoms with E-state index in [1.165, 1.54) is 6.07 Å². The number of benzene rings is 3.